The standard InChI is InChI=1S/C16H16N4O6/c21-19(22)11-1-7-15(17-9-11)25-13-3-5-14(6-4-13)26-16-8-2-12(10-18-16)20(23)24/h1-2,7-10,13-14H,3-6H2. The van der Waals surface area contributed by atoms with Gasteiger partial charge >= 0.3 is 0 Å². The van der Waals surface area contributed by atoms with Gasteiger partial charge in [-0.3, -0.25) is 20.2 Å². The fraction of sp³-hybridized carbons (Fsp3) is 0.375. The maximum atomic E-state index is 10.6. The van der Waals surface area contributed by atoms with E-state index >= 15 is 0 Å². The fourth-order valence-electron chi connectivity index (χ4n) is 2.71. The van der Waals surface area contributed by atoms with Crippen LogP contribution in [0.25, 0.3) is 0 Å². The van der Waals surface area contributed by atoms with Crippen LogP contribution >= 0.6 is 0 Å². The molecule has 1 saturated carbocycles. The molecule has 10 nitrogen and oxygen atoms in total. The lowest BCUT2D eigenvalue weighted by Crippen LogP contribution is -2.30. The summed E-state index contributed by atoms with van der Waals surface area (Å²) in [4.78, 5) is 28.1. The van der Waals surface area contributed by atoms with E-state index in [1.54, 1.807) is 0 Å². The highest BCUT2D eigenvalue weighted by Crippen LogP contribution is 2.26. The molecule has 0 aromatic carbocycles. The zero-order valence-electron chi connectivity index (χ0n) is 13.7. The van der Waals surface area contributed by atoms with Gasteiger partial charge in [-0.2, -0.15) is 0 Å². The van der Waals surface area contributed by atoms with Gasteiger partial charge in [-0.15, -0.1) is 0 Å². The van der Waals surface area contributed by atoms with E-state index in [-0.39, 0.29) is 23.6 Å². The van der Waals surface area contributed by atoms with Gasteiger partial charge < -0.3 is 9.47 Å². The van der Waals surface area contributed by atoms with Crippen molar-refractivity contribution in [3.63, 3.8) is 0 Å². The summed E-state index contributed by atoms with van der Waals surface area (Å²) < 4.78 is 11.5. The highest BCUT2D eigenvalue weighted by Gasteiger charge is 2.24. The van der Waals surface area contributed by atoms with Crippen molar-refractivity contribution in [1.82, 2.24) is 9.97 Å². The zero-order chi connectivity index (χ0) is 18.5. The molecular formula is C16H16N4O6. The van der Waals surface area contributed by atoms with Gasteiger partial charge in [0.1, 0.15) is 24.6 Å². The third-order valence-corrected chi connectivity index (χ3v) is 4.06. The minimum absolute atomic E-state index is 0.0337. The lowest BCUT2D eigenvalue weighted by atomic mass is 9.95. The van der Waals surface area contributed by atoms with Crippen LogP contribution in [0, 0.1) is 20.2 Å². The predicted molar refractivity (Wildman–Crippen MR) is 89.1 cm³/mol. The van der Waals surface area contributed by atoms with Crippen LogP contribution in [-0.2, 0) is 0 Å². The summed E-state index contributed by atoms with van der Waals surface area (Å²) in [5.41, 5.74) is -0.157. The molecule has 0 spiro atoms. The monoisotopic (exact) mass is 360 g/mol. The quantitative estimate of drug-likeness (QED) is 0.567. The molecule has 2 aromatic heterocycles. The molecule has 0 bridgehead atoms. The molecule has 0 amide bonds. The van der Waals surface area contributed by atoms with E-state index in [4.69, 9.17) is 9.47 Å². The van der Waals surface area contributed by atoms with Gasteiger partial charge in [0, 0.05) is 24.3 Å². The van der Waals surface area contributed by atoms with Gasteiger partial charge in [-0.1, -0.05) is 0 Å². The summed E-state index contributed by atoms with van der Waals surface area (Å²) in [6, 6.07) is 5.69. The van der Waals surface area contributed by atoms with Gasteiger partial charge in [0.25, 0.3) is 11.4 Å². The number of aromatic nitrogens is 2. The summed E-state index contributed by atoms with van der Waals surface area (Å²) in [5, 5.41) is 21.2. The van der Waals surface area contributed by atoms with Crippen molar-refractivity contribution >= 4 is 11.4 Å². The van der Waals surface area contributed by atoms with Crippen molar-refractivity contribution in [2.24, 2.45) is 0 Å². The van der Waals surface area contributed by atoms with Gasteiger partial charge in [-0.25, -0.2) is 9.97 Å². The third kappa shape index (κ3) is 4.41. The van der Waals surface area contributed by atoms with E-state index in [0.717, 1.165) is 25.7 Å². The maximum absolute atomic E-state index is 10.6. The Morgan fingerprint density at radius 2 is 1.15 bits per heavy atom. The van der Waals surface area contributed by atoms with E-state index < -0.39 is 9.85 Å². The molecule has 1 aliphatic carbocycles. The molecule has 0 atom stereocenters. The normalized spacial score (nSPS) is 19.5. The first kappa shape index (κ1) is 17.5. The molecule has 2 heterocycles. The summed E-state index contributed by atoms with van der Waals surface area (Å²) in [6.45, 7) is 0. The number of rotatable bonds is 6. The van der Waals surface area contributed by atoms with Crippen LogP contribution in [0.4, 0.5) is 11.4 Å². The Morgan fingerprint density at radius 3 is 1.42 bits per heavy atom. The molecule has 2 aromatic rings. The first-order valence-corrected chi connectivity index (χ1v) is 8.05. The average Bonchev–Trinajstić information content (AvgIpc) is 2.64. The van der Waals surface area contributed by atoms with Gasteiger partial charge in [0.05, 0.1) is 9.85 Å². The molecule has 136 valence electrons. The number of ether oxygens (including phenoxy) is 2. The van der Waals surface area contributed by atoms with Crippen molar-refractivity contribution in [2.45, 2.75) is 37.9 Å². The SMILES string of the molecule is O=[N+]([O-])c1ccc(OC2CCC(Oc3ccc([N+](=O)[O-])cn3)CC2)nc1. The second-order valence-corrected chi connectivity index (χ2v) is 5.86. The molecule has 0 saturated heterocycles. The summed E-state index contributed by atoms with van der Waals surface area (Å²) in [6.07, 6.45) is 5.26. The number of pyridine rings is 2. The first-order valence-electron chi connectivity index (χ1n) is 8.05. The van der Waals surface area contributed by atoms with Crippen LogP contribution < -0.4 is 9.47 Å². The molecule has 3 rings (SSSR count). The van der Waals surface area contributed by atoms with Crippen molar-refractivity contribution in [3.8, 4) is 11.8 Å². The number of hydrogen-bond donors (Lipinski definition) is 0. The largest absolute Gasteiger partial charge is 0.474 e. The smallest absolute Gasteiger partial charge is 0.287 e. The lowest BCUT2D eigenvalue weighted by molar-refractivity contribution is -0.385. The summed E-state index contributed by atoms with van der Waals surface area (Å²) >= 11 is 0. The Balaban J connectivity index is 1.47. The Hall–Kier alpha value is -3.30. The molecule has 0 N–H and O–H groups in total. The van der Waals surface area contributed by atoms with Crippen LogP contribution in [0.2, 0.25) is 0 Å². The summed E-state index contributed by atoms with van der Waals surface area (Å²) in [5.74, 6) is 0.717. The van der Waals surface area contributed by atoms with Crippen LogP contribution in [0.1, 0.15) is 25.7 Å². The minimum atomic E-state index is -0.508. The fourth-order valence-corrected chi connectivity index (χ4v) is 2.71. The molecular weight excluding hydrogens is 344 g/mol. The topological polar surface area (TPSA) is 131 Å². The second kappa shape index (κ2) is 7.72. The number of hydrogen-bond acceptors (Lipinski definition) is 8. The van der Waals surface area contributed by atoms with Gasteiger partial charge in [0.15, 0.2) is 0 Å². The molecule has 26 heavy (non-hydrogen) atoms. The van der Waals surface area contributed by atoms with E-state index in [1.165, 1.54) is 36.7 Å². The van der Waals surface area contributed by atoms with Crippen molar-refractivity contribution in [3.05, 3.63) is 56.9 Å². The Morgan fingerprint density at radius 1 is 0.769 bits per heavy atom. The minimum Gasteiger partial charge on any atom is -0.474 e. The van der Waals surface area contributed by atoms with Gasteiger partial charge in [0.2, 0.25) is 11.8 Å². The zero-order valence-corrected chi connectivity index (χ0v) is 13.7. The molecule has 10 heteroatoms. The van der Waals surface area contributed by atoms with Crippen molar-refractivity contribution in [1.29, 1.82) is 0 Å². The molecule has 0 unspecified atom stereocenters. The number of nitro groups is 2. The van der Waals surface area contributed by atoms with Crippen LogP contribution in [0.15, 0.2) is 36.7 Å². The molecule has 0 radical (unpaired) electrons. The van der Waals surface area contributed by atoms with E-state index in [0.29, 0.717) is 11.8 Å². The Labute approximate surface area is 148 Å². The van der Waals surface area contributed by atoms with E-state index in [2.05, 4.69) is 9.97 Å². The highest BCUT2D eigenvalue weighted by molar-refractivity contribution is 5.29. The Kier molecular flexibility index (Phi) is 5.20. The summed E-state index contributed by atoms with van der Waals surface area (Å²) in [7, 11) is 0. The predicted octanol–water partition coefficient (Wildman–Crippen LogP) is 3.06. The second-order valence-electron chi connectivity index (χ2n) is 5.86. The van der Waals surface area contributed by atoms with Crippen molar-refractivity contribution in [2.75, 3.05) is 0 Å². The molecule has 0 aliphatic heterocycles. The van der Waals surface area contributed by atoms with Gasteiger partial charge in [-0.05, 0) is 25.7 Å². The van der Waals surface area contributed by atoms with Crippen LogP contribution in [-0.4, -0.2) is 32.0 Å². The van der Waals surface area contributed by atoms with E-state index in [1.807, 2.05) is 0 Å². The average molecular weight is 360 g/mol. The molecule has 1 aliphatic rings. The van der Waals surface area contributed by atoms with Crippen LogP contribution in [0.3, 0.4) is 0 Å². The van der Waals surface area contributed by atoms with Crippen molar-refractivity contribution < 1.29 is 19.3 Å². The first-order chi connectivity index (χ1) is 12.5. The highest BCUT2D eigenvalue weighted by atomic mass is 16.6. The Bertz CT molecular complexity index is 705. The number of nitrogens with zero attached hydrogens (tertiary/aromatic N) is 4. The molecule has 1 fully saturated rings. The maximum Gasteiger partial charge on any atom is 0.287 e. The van der Waals surface area contributed by atoms with Crippen LogP contribution in [0.5, 0.6) is 11.8 Å². The third-order valence-electron chi connectivity index (χ3n) is 4.06. The lowest BCUT2D eigenvalue weighted by Gasteiger charge is -2.28. The van der Waals surface area contributed by atoms with E-state index in [9.17, 15) is 20.2 Å².